The van der Waals surface area contributed by atoms with Crippen molar-refractivity contribution in [3.8, 4) is 0 Å². The van der Waals surface area contributed by atoms with Crippen molar-refractivity contribution in [2.24, 2.45) is 0 Å². The molecule has 0 N–H and O–H groups in total. The lowest BCUT2D eigenvalue weighted by Crippen LogP contribution is -2.55. The third-order valence-electron chi connectivity index (χ3n) is 5.17. The Labute approximate surface area is 187 Å². The number of sulfonamides is 1. The molecule has 10 heteroatoms. The zero-order valence-corrected chi connectivity index (χ0v) is 18.8. The van der Waals surface area contributed by atoms with Gasteiger partial charge in [-0.1, -0.05) is 35.9 Å². The number of urea groups is 1. The molecule has 2 aromatic carbocycles. The molecule has 0 aromatic heterocycles. The monoisotopic (exact) mass is 463 g/mol. The number of carbonyl (C=O) groups is 2. The van der Waals surface area contributed by atoms with Crippen LogP contribution in [0.1, 0.15) is 18.1 Å². The van der Waals surface area contributed by atoms with Gasteiger partial charge in [0, 0.05) is 31.7 Å². The molecule has 0 aliphatic carbocycles. The van der Waals surface area contributed by atoms with Crippen LogP contribution in [-0.2, 0) is 21.3 Å². The summed E-state index contributed by atoms with van der Waals surface area (Å²) in [6.07, 6.45) is -0.477. The number of nitrogens with zero attached hydrogens (tertiary/aromatic N) is 3. The quantitative estimate of drug-likeness (QED) is 0.680. The minimum absolute atomic E-state index is 0.0575. The summed E-state index contributed by atoms with van der Waals surface area (Å²) in [5, 5.41) is 0. The van der Waals surface area contributed by atoms with Crippen LogP contribution < -0.4 is 0 Å². The van der Waals surface area contributed by atoms with Gasteiger partial charge < -0.3 is 14.5 Å². The molecule has 1 aliphatic rings. The Kier molecular flexibility index (Phi) is 7.34. The molecule has 0 unspecified atom stereocenters. The number of benzene rings is 2. The second kappa shape index (κ2) is 9.99. The molecule has 172 valence electrons. The van der Waals surface area contributed by atoms with Crippen LogP contribution in [-0.4, -0.2) is 67.4 Å². The summed E-state index contributed by atoms with van der Waals surface area (Å²) >= 11 is 0. The first-order chi connectivity index (χ1) is 15.2. The minimum atomic E-state index is -4.25. The number of piperazine rings is 1. The van der Waals surface area contributed by atoms with Crippen LogP contribution in [0.2, 0.25) is 0 Å². The Bertz CT molecular complexity index is 1070. The number of hydrogen-bond acceptors (Lipinski definition) is 5. The maximum atomic E-state index is 14.3. The van der Waals surface area contributed by atoms with E-state index in [0.717, 1.165) is 5.56 Å². The Morgan fingerprint density at radius 3 is 2.19 bits per heavy atom. The van der Waals surface area contributed by atoms with E-state index in [1.807, 2.05) is 6.92 Å². The van der Waals surface area contributed by atoms with Crippen LogP contribution in [0.15, 0.2) is 53.4 Å². The lowest BCUT2D eigenvalue weighted by Gasteiger charge is -2.36. The fourth-order valence-electron chi connectivity index (χ4n) is 3.33. The van der Waals surface area contributed by atoms with Crippen molar-refractivity contribution in [1.29, 1.82) is 0 Å². The van der Waals surface area contributed by atoms with Gasteiger partial charge in [0.2, 0.25) is 0 Å². The molecule has 1 fully saturated rings. The molecule has 0 atom stereocenters. The highest BCUT2D eigenvalue weighted by atomic mass is 32.2. The third kappa shape index (κ3) is 5.18. The fraction of sp³-hybridized carbons (Fsp3) is 0.364. The predicted molar refractivity (Wildman–Crippen MR) is 116 cm³/mol. The lowest BCUT2D eigenvalue weighted by atomic mass is 10.2. The maximum absolute atomic E-state index is 14.3. The normalized spacial score (nSPS) is 14.2. The highest BCUT2D eigenvalue weighted by Gasteiger charge is 2.35. The molecule has 3 amide bonds. The van der Waals surface area contributed by atoms with E-state index < -0.39 is 34.5 Å². The molecule has 32 heavy (non-hydrogen) atoms. The lowest BCUT2D eigenvalue weighted by molar-refractivity contribution is 0.0822. The van der Waals surface area contributed by atoms with Crippen LogP contribution in [0.25, 0.3) is 0 Å². The zero-order chi connectivity index (χ0) is 23.3. The fourth-order valence-corrected chi connectivity index (χ4v) is 4.69. The van der Waals surface area contributed by atoms with Gasteiger partial charge in [-0.3, -0.25) is 0 Å². The molecular formula is C22H26FN3O5S. The smallest absolute Gasteiger partial charge is 0.409 e. The molecule has 0 radical (unpaired) electrons. The summed E-state index contributed by atoms with van der Waals surface area (Å²) < 4.78 is 46.7. The number of halogens is 1. The molecule has 2 aromatic rings. The number of carbonyl (C=O) groups excluding carboxylic acids is 2. The van der Waals surface area contributed by atoms with Gasteiger partial charge in [-0.15, -0.1) is 0 Å². The van der Waals surface area contributed by atoms with Crippen LogP contribution in [0.3, 0.4) is 0 Å². The third-order valence-corrected chi connectivity index (χ3v) is 6.90. The van der Waals surface area contributed by atoms with E-state index in [0.29, 0.717) is 4.31 Å². The van der Waals surface area contributed by atoms with Crippen molar-refractivity contribution in [2.75, 3.05) is 32.8 Å². The molecule has 0 bridgehead atoms. The highest BCUT2D eigenvalue weighted by Crippen LogP contribution is 2.22. The van der Waals surface area contributed by atoms with Crippen molar-refractivity contribution >= 4 is 22.1 Å². The molecule has 0 spiro atoms. The van der Waals surface area contributed by atoms with Crippen molar-refractivity contribution in [3.63, 3.8) is 0 Å². The highest BCUT2D eigenvalue weighted by molar-refractivity contribution is 7.89. The summed E-state index contributed by atoms with van der Waals surface area (Å²) in [7, 11) is -4.25. The molecule has 3 rings (SSSR count). The first-order valence-electron chi connectivity index (χ1n) is 10.3. The van der Waals surface area contributed by atoms with E-state index in [1.54, 1.807) is 25.1 Å². The maximum Gasteiger partial charge on any atom is 0.409 e. The number of hydrogen-bond donors (Lipinski definition) is 0. The van der Waals surface area contributed by atoms with Gasteiger partial charge in [0.15, 0.2) is 0 Å². The van der Waals surface area contributed by atoms with Crippen LogP contribution >= 0.6 is 0 Å². The van der Waals surface area contributed by atoms with Crippen molar-refractivity contribution in [3.05, 3.63) is 65.5 Å². The van der Waals surface area contributed by atoms with Gasteiger partial charge in [-0.05, 0) is 32.0 Å². The zero-order valence-electron chi connectivity index (χ0n) is 18.0. The molecule has 1 aliphatic heterocycles. The summed E-state index contributed by atoms with van der Waals surface area (Å²) in [5.41, 5.74) is 0.952. The Morgan fingerprint density at radius 2 is 1.59 bits per heavy atom. The molecule has 1 saturated heterocycles. The number of rotatable bonds is 5. The summed E-state index contributed by atoms with van der Waals surface area (Å²) in [6, 6.07) is 11.1. The minimum Gasteiger partial charge on any atom is -0.450 e. The van der Waals surface area contributed by atoms with Gasteiger partial charge >= 0.3 is 12.1 Å². The van der Waals surface area contributed by atoms with E-state index >= 15 is 0 Å². The van der Waals surface area contributed by atoms with E-state index in [9.17, 15) is 22.4 Å². The van der Waals surface area contributed by atoms with E-state index in [1.165, 1.54) is 40.1 Å². The predicted octanol–water partition coefficient (Wildman–Crippen LogP) is 3.22. The average molecular weight is 464 g/mol. The molecule has 8 nitrogen and oxygen atoms in total. The summed E-state index contributed by atoms with van der Waals surface area (Å²) in [6.45, 7) is 4.01. The first kappa shape index (κ1) is 23.5. The average Bonchev–Trinajstić information content (AvgIpc) is 2.78. The number of aryl methyl sites for hydroxylation is 1. The largest absolute Gasteiger partial charge is 0.450 e. The number of ether oxygens (including phenoxy) is 1. The molecular weight excluding hydrogens is 437 g/mol. The van der Waals surface area contributed by atoms with Gasteiger partial charge in [0.05, 0.1) is 18.0 Å². The van der Waals surface area contributed by atoms with Gasteiger partial charge in [-0.2, -0.15) is 0 Å². The van der Waals surface area contributed by atoms with E-state index in [-0.39, 0.29) is 43.2 Å². The first-order valence-corrected chi connectivity index (χ1v) is 11.7. The van der Waals surface area contributed by atoms with Crippen molar-refractivity contribution < 1.29 is 27.1 Å². The van der Waals surface area contributed by atoms with Gasteiger partial charge in [0.25, 0.3) is 10.0 Å². The van der Waals surface area contributed by atoms with Crippen molar-refractivity contribution in [1.82, 2.24) is 14.1 Å². The van der Waals surface area contributed by atoms with Gasteiger partial charge in [0.1, 0.15) is 5.82 Å². The SMILES string of the molecule is CCOC(=O)N1CCN(C(=O)N(Cc2ccccc2F)S(=O)(=O)c2ccc(C)cc2)CC1. The summed E-state index contributed by atoms with van der Waals surface area (Å²) in [5.74, 6) is -0.600. The van der Waals surface area contributed by atoms with Gasteiger partial charge in [-0.25, -0.2) is 26.7 Å². The molecule has 1 heterocycles. The second-order valence-corrected chi connectivity index (χ2v) is 9.23. The second-order valence-electron chi connectivity index (χ2n) is 7.37. The van der Waals surface area contributed by atoms with Crippen LogP contribution in [0.4, 0.5) is 14.0 Å². The Balaban J connectivity index is 1.87. The van der Waals surface area contributed by atoms with Crippen LogP contribution in [0.5, 0.6) is 0 Å². The van der Waals surface area contributed by atoms with E-state index in [4.69, 9.17) is 4.74 Å². The topological polar surface area (TPSA) is 87.2 Å². The van der Waals surface area contributed by atoms with Crippen molar-refractivity contribution in [2.45, 2.75) is 25.3 Å². The Morgan fingerprint density at radius 1 is 1.00 bits per heavy atom. The Hall–Kier alpha value is -3.14. The van der Waals surface area contributed by atoms with Crippen LogP contribution in [0, 0.1) is 12.7 Å². The number of amides is 3. The summed E-state index contributed by atoms with van der Waals surface area (Å²) in [4.78, 5) is 28.0. The van der Waals surface area contributed by atoms with E-state index in [2.05, 4.69) is 0 Å². The molecule has 0 saturated carbocycles. The standard InChI is InChI=1S/C22H26FN3O5S/c1-3-31-22(28)25-14-12-24(13-15-25)21(27)26(16-18-6-4-5-7-20(18)23)32(29,30)19-10-8-17(2)9-11-19/h4-11H,3,12-16H2,1-2H3.